The number of nitrogens with one attached hydrogen (secondary N) is 2. The standard InChI is InChI=1S/C26H28N4O4/c1-32-20-12-24(33-2)21(25(13-20)34-3)15-28-26(31)27-14-18-8-10-19(11-9-18)16-30-17-29-22-6-4-5-7-23(22)30/h4-13,17H,14-16H2,1-3H3,(H2,27,28,31). The molecule has 0 saturated heterocycles. The third kappa shape index (κ3) is 5.23. The Morgan fingerprint density at radius 3 is 2.18 bits per heavy atom. The number of nitrogens with zero attached hydrogens (tertiary/aromatic N) is 2. The van der Waals surface area contributed by atoms with Crippen molar-refractivity contribution in [1.29, 1.82) is 0 Å². The molecule has 0 bridgehead atoms. The smallest absolute Gasteiger partial charge is 0.315 e. The van der Waals surface area contributed by atoms with E-state index in [4.69, 9.17) is 14.2 Å². The summed E-state index contributed by atoms with van der Waals surface area (Å²) in [7, 11) is 4.71. The van der Waals surface area contributed by atoms with E-state index in [2.05, 4.69) is 38.4 Å². The van der Waals surface area contributed by atoms with E-state index in [1.54, 1.807) is 33.5 Å². The average Bonchev–Trinajstić information content (AvgIpc) is 3.29. The lowest BCUT2D eigenvalue weighted by molar-refractivity contribution is 0.240. The Morgan fingerprint density at radius 1 is 0.853 bits per heavy atom. The van der Waals surface area contributed by atoms with Gasteiger partial charge in [0.1, 0.15) is 17.2 Å². The second-order valence-corrected chi connectivity index (χ2v) is 7.72. The number of hydrogen-bond donors (Lipinski definition) is 2. The van der Waals surface area contributed by atoms with Gasteiger partial charge in [-0.05, 0) is 23.3 Å². The SMILES string of the molecule is COc1cc(OC)c(CNC(=O)NCc2ccc(Cn3cnc4ccccc43)cc2)c(OC)c1. The Morgan fingerprint density at radius 2 is 1.50 bits per heavy atom. The Balaban J connectivity index is 1.31. The molecule has 34 heavy (non-hydrogen) atoms. The van der Waals surface area contributed by atoms with Crippen LogP contribution in [0.1, 0.15) is 16.7 Å². The fourth-order valence-corrected chi connectivity index (χ4v) is 3.76. The Hall–Kier alpha value is -4.20. The monoisotopic (exact) mass is 460 g/mol. The molecule has 8 heteroatoms. The van der Waals surface area contributed by atoms with Gasteiger partial charge in [-0.1, -0.05) is 36.4 Å². The third-order valence-electron chi connectivity index (χ3n) is 5.60. The van der Waals surface area contributed by atoms with Crippen LogP contribution in [0.5, 0.6) is 17.2 Å². The number of hydrogen-bond acceptors (Lipinski definition) is 5. The number of benzene rings is 3. The Bertz CT molecular complexity index is 1240. The molecule has 1 heterocycles. The van der Waals surface area contributed by atoms with Gasteiger partial charge < -0.3 is 29.4 Å². The molecule has 0 aliphatic heterocycles. The molecule has 0 aliphatic rings. The van der Waals surface area contributed by atoms with Crippen LogP contribution in [0.3, 0.4) is 0 Å². The van der Waals surface area contributed by atoms with E-state index < -0.39 is 0 Å². The van der Waals surface area contributed by atoms with E-state index in [0.717, 1.165) is 34.3 Å². The van der Waals surface area contributed by atoms with E-state index in [-0.39, 0.29) is 12.6 Å². The Labute approximate surface area is 198 Å². The maximum Gasteiger partial charge on any atom is 0.315 e. The molecule has 0 radical (unpaired) electrons. The summed E-state index contributed by atoms with van der Waals surface area (Å²) >= 11 is 0. The number of methoxy groups -OCH3 is 3. The number of ether oxygens (including phenoxy) is 3. The summed E-state index contributed by atoms with van der Waals surface area (Å²) in [6.07, 6.45) is 1.86. The number of imidazole rings is 1. The van der Waals surface area contributed by atoms with Crippen LogP contribution in [0.15, 0.2) is 67.0 Å². The summed E-state index contributed by atoms with van der Waals surface area (Å²) in [5.74, 6) is 1.78. The van der Waals surface area contributed by atoms with Gasteiger partial charge in [-0.25, -0.2) is 9.78 Å². The molecule has 1 aromatic heterocycles. The minimum absolute atomic E-state index is 0.250. The molecule has 4 rings (SSSR count). The van der Waals surface area contributed by atoms with Crippen molar-refractivity contribution in [3.8, 4) is 17.2 Å². The van der Waals surface area contributed by atoms with Gasteiger partial charge in [-0.2, -0.15) is 0 Å². The summed E-state index contributed by atoms with van der Waals surface area (Å²) in [4.78, 5) is 16.8. The molecule has 0 unspecified atom stereocenters. The first-order valence-electron chi connectivity index (χ1n) is 10.9. The van der Waals surface area contributed by atoms with Gasteiger partial charge >= 0.3 is 6.03 Å². The molecule has 2 N–H and O–H groups in total. The maximum absolute atomic E-state index is 12.4. The summed E-state index contributed by atoms with van der Waals surface area (Å²) in [5, 5.41) is 5.74. The lowest BCUT2D eigenvalue weighted by atomic mass is 10.1. The van der Waals surface area contributed by atoms with Crippen molar-refractivity contribution in [2.24, 2.45) is 0 Å². The van der Waals surface area contributed by atoms with Gasteiger partial charge in [0.15, 0.2) is 0 Å². The zero-order valence-electron chi connectivity index (χ0n) is 19.5. The molecular formula is C26H28N4O4. The van der Waals surface area contributed by atoms with Crippen LogP contribution in [-0.2, 0) is 19.6 Å². The second-order valence-electron chi connectivity index (χ2n) is 7.72. The van der Waals surface area contributed by atoms with Crippen molar-refractivity contribution in [2.45, 2.75) is 19.6 Å². The summed E-state index contributed by atoms with van der Waals surface area (Å²) in [6, 6.07) is 19.5. The molecule has 0 spiro atoms. The number of carbonyl (C=O) groups is 1. The molecule has 8 nitrogen and oxygen atoms in total. The topological polar surface area (TPSA) is 86.6 Å². The molecular weight excluding hydrogens is 432 g/mol. The highest BCUT2D eigenvalue weighted by molar-refractivity contribution is 5.75. The van der Waals surface area contributed by atoms with Gasteiger partial charge in [0.05, 0.1) is 50.8 Å². The molecule has 0 aliphatic carbocycles. The number of para-hydroxylation sites is 2. The molecule has 0 atom stereocenters. The zero-order chi connectivity index (χ0) is 23.9. The van der Waals surface area contributed by atoms with Crippen molar-refractivity contribution in [3.63, 3.8) is 0 Å². The van der Waals surface area contributed by atoms with Gasteiger partial charge in [0.25, 0.3) is 0 Å². The maximum atomic E-state index is 12.4. The van der Waals surface area contributed by atoms with Crippen molar-refractivity contribution < 1.29 is 19.0 Å². The molecule has 0 saturated carbocycles. The minimum atomic E-state index is -0.283. The summed E-state index contributed by atoms with van der Waals surface area (Å²) in [5.41, 5.74) is 5.00. The van der Waals surface area contributed by atoms with Gasteiger partial charge in [-0.3, -0.25) is 0 Å². The fraction of sp³-hybridized carbons (Fsp3) is 0.231. The molecule has 0 fully saturated rings. The van der Waals surface area contributed by atoms with Crippen LogP contribution >= 0.6 is 0 Å². The number of aromatic nitrogens is 2. The van der Waals surface area contributed by atoms with E-state index in [0.29, 0.717) is 23.8 Å². The lowest BCUT2D eigenvalue weighted by Gasteiger charge is -2.16. The lowest BCUT2D eigenvalue weighted by Crippen LogP contribution is -2.34. The molecule has 3 aromatic carbocycles. The van der Waals surface area contributed by atoms with E-state index >= 15 is 0 Å². The van der Waals surface area contributed by atoms with E-state index in [9.17, 15) is 4.79 Å². The van der Waals surface area contributed by atoms with Crippen molar-refractivity contribution >= 4 is 17.1 Å². The van der Waals surface area contributed by atoms with Crippen molar-refractivity contribution in [1.82, 2.24) is 20.2 Å². The fourth-order valence-electron chi connectivity index (χ4n) is 3.76. The summed E-state index contributed by atoms with van der Waals surface area (Å²) in [6.45, 7) is 1.40. The number of rotatable bonds is 9. The molecule has 2 amide bonds. The highest BCUT2D eigenvalue weighted by Gasteiger charge is 2.14. The van der Waals surface area contributed by atoms with Crippen LogP contribution < -0.4 is 24.8 Å². The predicted molar refractivity (Wildman–Crippen MR) is 130 cm³/mol. The highest BCUT2D eigenvalue weighted by Crippen LogP contribution is 2.33. The number of carbonyl (C=O) groups excluding carboxylic acids is 1. The first-order chi connectivity index (χ1) is 16.6. The van der Waals surface area contributed by atoms with Crippen LogP contribution in [0.4, 0.5) is 4.79 Å². The molecule has 4 aromatic rings. The van der Waals surface area contributed by atoms with Crippen LogP contribution in [0, 0.1) is 0 Å². The number of urea groups is 1. The van der Waals surface area contributed by atoms with Crippen molar-refractivity contribution in [2.75, 3.05) is 21.3 Å². The van der Waals surface area contributed by atoms with E-state index in [1.165, 1.54) is 0 Å². The largest absolute Gasteiger partial charge is 0.496 e. The number of amides is 2. The van der Waals surface area contributed by atoms with E-state index in [1.807, 2.05) is 36.7 Å². The van der Waals surface area contributed by atoms with Gasteiger partial charge in [-0.15, -0.1) is 0 Å². The first-order valence-corrected chi connectivity index (χ1v) is 10.9. The minimum Gasteiger partial charge on any atom is -0.496 e. The van der Waals surface area contributed by atoms with Gasteiger partial charge in [0, 0.05) is 25.2 Å². The number of fused-ring (bicyclic) bond motifs is 1. The van der Waals surface area contributed by atoms with Crippen LogP contribution in [0.25, 0.3) is 11.0 Å². The predicted octanol–water partition coefficient (Wildman–Crippen LogP) is 4.11. The average molecular weight is 461 g/mol. The zero-order valence-corrected chi connectivity index (χ0v) is 19.5. The normalized spacial score (nSPS) is 10.7. The van der Waals surface area contributed by atoms with Crippen LogP contribution in [0.2, 0.25) is 0 Å². The Kier molecular flexibility index (Phi) is 7.17. The first kappa shape index (κ1) is 23.0. The van der Waals surface area contributed by atoms with Crippen LogP contribution in [-0.4, -0.2) is 36.9 Å². The van der Waals surface area contributed by atoms with Crippen molar-refractivity contribution in [3.05, 3.63) is 83.7 Å². The summed E-state index contributed by atoms with van der Waals surface area (Å²) < 4.78 is 18.2. The third-order valence-corrected chi connectivity index (χ3v) is 5.60. The van der Waals surface area contributed by atoms with Gasteiger partial charge in [0.2, 0.25) is 0 Å². The quantitative estimate of drug-likeness (QED) is 0.393. The second kappa shape index (κ2) is 10.6. The highest BCUT2D eigenvalue weighted by atomic mass is 16.5. The molecule has 176 valence electrons.